The van der Waals surface area contributed by atoms with Gasteiger partial charge >= 0.3 is 0 Å². The summed E-state index contributed by atoms with van der Waals surface area (Å²) in [5.74, 6) is -0.518. The molecule has 0 bridgehead atoms. The molecule has 1 saturated carbocycles. The number of halogens is 3. The van der Waals surface area contributed by atoms with E-state index in [-0.39, 0.29) is 5.02 Å². The summed E-state index contributed by atoms with van der Waals surface area (Å²) in [6.07, 6.45) is 1.36. The first-order chi connectivity index (χ1) is 6.59. The lowest BCUT2D eigenvalue weighted by Crippen LogP contribution is -2.06. The van der Waals surface area contributed by atoms with E-state index in [1.807, 2.05) is 0 Å². The molecule has 0 atom stereocenters. The summed E-state index contributed by atoms with van der Waals surface area (Å²) in [7, 11) is 0. The largest absolute Gasteiger partial charge is 0.205 e. The minimum absolute atomic E-state index is 0.0194. The fourth-order valence-electron chi connectivity index (χ4n) is 1.47. The normalized spacial score (nSPS) is 17.6. The highest BCUT2D eigenvalue weighted by molar-refractivity contribution is 6.34. The maximum absolute atomic E-state index is 13.6. The van der Waals surface area contributed by atoms with Crippen LogP contribution in [0, 0.1) is 17.1 Å². The second-order valence-corrected chi connectivity index (χ2v) is 4.29. The molecule has 14 heavy (non-hydrogen) atoms. The summed E-state index contributed by atoms with van der Waals surface area (Å²) >= 11 is 11.4. The monoisotopic (exact) mass is 229 g/mol. The van der Waals surface area contributed by atoms with Gasteiger partial charge in [0, 0.05) is 10.6 Å². The highest BCUT2D eigenvalue weighted by Gasteiger charge is 2.47. The highest BCUT2D eigenvalue weighted by Crippen LogP contribution is 2.49. The summed E-state index contributed by atoms with van der Waals surface area (Å²) in [6.45, 7) is 0. The standard InChI is InChI=1S/C10H6Cl2FN/c11-6-3-7(9(13)8(12)4-6)10(5-14)1-2-10/h3-4H,1-2H2. The molecule has 1 fully saturated rings. The van der Waals surface area contributed by atoms with Crippen LogP contribution in [0.1, 0.15) is 18.4 Å². The molecule has 4 heteroatoms. The van der Waals surface area contributed by atoms with Crippen LogP contribution in [0.2, 0.25) is 10.0 Å². The van der Waals surface area contributed by atoms with Gasteiger partial charge in [0.2, 0.25) is 0 Å². The Bertz CT molecular complexity index is 432. The van der Waals surface area contributed by atoms with Gasteiger partial charge in [0.15, 0.2) is 0 Å². The summed E-state index contributed by atoms with van der Waals surface area (Å²) in [5.41, 5.74) is -0.351. The van der Waals surface area contributed by atoms with Crippen LogP contribution in [0.25, 0.3) is 0 Å². The van der Waals surface area contributed by atoms with Gasteiger partial charge in [-0.3, -0.25) is 0 Å². The van der Waals surface area contributed by atoms with Crippen molar-refractivity contribution in [3.05, 3.63) is 33.6 Å². The van der Waals surface area contributed by atoms with Crippen LogP contribution in [0.3, 0.4) is 0 Å². The van der Waals surface area contributed by atoms with Gasteiger partial charge in [-0.25, -0.2) is 4.39 Å². The van der Waals surface area contributed by atoms with E-state index in [0.29, 0.717) is 23.4 Å². The second kappa shape index (κ2) is 3.12. The first-order valence-electron chi connectivity index (χ1n) is 4.15. The Morgan fingerprint density at radius 3 is 2.50 bits per heavy atom. The molecule has 0 radical (unpaired) electrons. The summed E-state index contributed by atoms with van der Waals surface area (Å²) < 4.78 is 13.6. The molecular weight excluding hydrogens is 224 g/mol. The van der Waals surface area contributed by atoms with Gasteiger partial charge in [0.25, 0.3) is 0 Å². The summed E-state index contributed by atoms with van der Waals surface area (Å²) in [6, 6.07) is 4.93. The molecule has 1 aromatic carbocycles. The molecule has 1 aliphatic rings. The van der Waals surface area contributed by atoms with E-state index in [9.17, 15) is 4.39 Å². The molecule has 0 amide bonds. The van der Waals surface area contributed by atoms with Crippen LogP contribution in [0.15, 0.2) is 12.1 Å². The number of nitrogens with zero attached hydrogens (tertiary/aromatic N) is 1. The third-order valence-corrected chi connectivity index (χ3v) is 2.97. The van der Waals surface area contributed by atoms with Gasteiger partial charge < -0.3 is 0 Å². The molecule has 0 heterocycles. The minimum Gasteiger partial charge on any atom is -0.205 e. The molecule has 1 aromatic rings. The first-order valence-corrected chi connectivity index (χ1v) is 4.91. The van der Waals surface area contributed by atoms with E-state index >= 15 is 0 Å². The third kappa shape index (κ3) is 1.37. The van der Waals surface area contributed by atoms with E-state index in [1.165, 1.54) is 12.1 Å². The molecule has 0 aliphatic heterocycles. The minimum atomic E-state index is -0.682. The van der Waals surface area contributed by atoms with Gasteiger partial charge in [-0.05, 0) is 25.0 Å². The molecular formula is C10H6Cl2FN. The van der Waals surface area contributed by atoms with E-state index in [0.717, 1.165) is 0 Å². The van der Waals surface area contributed by atoms with Crippen LogP contribution < -0.4 is 0 Å². The Morgan fingerprint density at radius 1 is 1.36 bits per heavy atom. The zero-order valence-electron chi connectivity index (χ0n) is 7.15. The number of nitriles is 1. The average molecular weight is 230 g/mol. The molecule has 0 N–H and O–H groups in total. The Kier molecular flexibility index (Phi) is 2.17. The lowest BCUT2D eigenvalue weighted by molar-refractivity contribution is 0.600. The first kappa shape index (κ1) is 9.76. The Hall–Kier alpha value is -0.780. The maximum atomic E-state index is 13.6. The van der Waals surface area contributed by atoms with Crippen molar-refractivity contribution in [1.29, 1.82) is 5.26 Å². The predicted octanol–water partition coefficient (Wildman–Crippen LogP) is 3.69. The van der Waals surface area contributed by atoms with Crippen LogP contribution in [-0.2, 0) is 5.41 Å². The molecule has 0 aromatic heterocycles. The Morgan fingerprint density at radius 2 is 2.00 bits per heavy atom. The second-order valence-electron chi connectivity index (χ2n) is 3.44. The fourth-order valence-corrected chi connectivity index (χ4v) is 1.96. The van der Waals surface area contributed by atoms with Crippen molar-refractivity contribution in [2.75, 3.05) is 0 Å². The van der Waals surface area contributed by atoms with Gasteiger partial charge in [0.1, 0.15) is 5.82 Å². The summed E-state index contributed by atoms with van der Waals surface area (Å²) in [5, 5.41) is 9.26. The van der Waals surface area contributed by atoms with Crippen molar-refractivity contribution in [3.8, 4) is 6.07 Å². The van der Waals surface area contributed by atoms with Crippen molar-refractivity contribution in [2.24, 2.45) is 0 Å². The lowest BCUT2D eigenvalue weighted by atomic mass is 9.97. The topological polar surface area (TPSA) is 23.8 Å². The van der Waals surface area contributed by atoms with Crippen LogP contribution in [0.5, 0.6) is 0 Å². The van der Waals surface area contributed by atoms with Crippen molar-refractivity contribution in [1.82, 2.24) is 0 Å². The highest BCUT2D eigenvalue weighted by atomic mass is 35.5. The molecule has 1 aliphatic carbocycles. The van der Waals surface area contributed by atoms with E-state index < -0.39 is 11.2 Å². The van der Waals surface area contributed by atoms with Crippen LogP contribution in [0.4, 0.5) is 4.39 Å². The molecule has 1 nitrogen and oxygen atoms in total. The molecule has 0 unspecified atom stereocenters. The van der Waals surface area contributed by atoms with Crippen molar-refractivity contribution in [2.45, 2.75) is 18.3 Å². The van der Waals surface area contributed by atoms with Gasteiger partial charge in [-0.1, -0.05) is 23.2 Å². The molecule has 0 spiro atoms. The van der Waals surface area contributed by atoms with E-state index in [2.05, 4.69) is 6.07 Å². The number of rotatable bonds is 1. The van der Waals surface area contributed by atoms with Gasteiger partial charge in [-0.2, -0.15) is 5.26 Å². The molecule has 0 saturated heterocycles. The van der Waals surface area contributed by atoms with Crippen LogP contribution >= 0.6 is 23.2 Å². The molecule has 72 valence electrons. The van der Waals surface area contributed by atoms with Crippen molar-refractivity contribution >= 4 is 23.2 Å². The maximum Gasteiger partial charge on any atom is 0.146 e. The van der Waals surface area contributed by atoms with Crippen molar-refractivity contribution in [3.63, 3.8) is 0 Å². The third-order valence-electron chi connectivity index (χ3n) is 2.47. The van der Waals surface area contributed by atoms with Gasteiger partial charge in [-0.15, -0.1) is 0 Å². The number of hydrogen-bond acceptors (Lipinski definition) is 1. The SMILES string of the molecule is N#CC1(c2cc(Cl)cc(Cl)c2F)CC1. The number of hydrogen-bond donors (Lipinski definition) is 0. The average Bonchev–Trinajstić information content (AvgIpc) is 2.92. The quantitative estimate of drug-likeness (QED) is 0.675. The van der Waals surface area contributed by atoms with Crippen LogP contribution in [-0.4, -0.2) is 0 Å². The predicted molar refractivity (Wildman–Crippen MR) is 52.9 cm³/mol. The summed E-state index contributed by atoms with van der Waals surface area (Å²) in [4.78, 5) is 0. The smallest absolute Gasteiger partial charge is 0.146 e. The van der Waals surface area contributed by atoms with Gasteiger partial charge in [0.05, 0.1) is 16.5 Å². The van der Waals surface area contributed by atoms with Crippen molar-refractivity contribution < 1.29 is 4.39 Å². The van der Waals surface area contributed by atoms with E-state index in [4.69, 9.17) is 28.5 Å². The number of benzene rings is 1. The van der Waals surface area contributed by atoms with E-state index in [1.54, 1.807) is 0 Å². The zero-order chi connectivity index (χ0) is 10.3. The Labute approximate surface area is 91.0 Å². The lowest BCUT2D eigenvalue weighted by Gasteiger charge is -2.09. The fraction of sp³-hybridized carbons (Fsp3) is 0.300. The Balaban J connectivity index is 2.59. The zero-order valence-corrected chi connectivity index (χ0v) is 8.66. The molecule has 2 rings (SSSR count).